The third-order valence-electron chi connectivity index (χ3n) is 4.43. The smallest absolute Gasteiger partial charge is 0.328 e. The quantitative estimate of drug-likeness (QED) is 0.0932. The highest BCUT2D eigenvalue weighted by atomic mass is 16.4. The molecule has 12 N–H and O–H groups in total. The van der Waals surface area contributed by atoms with Crippen molar-refractivity contribution in [3.63, 3.8) is 0 Å². The van der Waals surface area contributed by atoms with Crippen LogP contribution in [0.15, 0.2) is 0 Å². The number of nitrogens with one attached hydrogen (secondary N) is 3. The lowest BCUT2D eigenvalue weighted by Crippen LogP contribution is -2.57. The highest BCUT2D eigenvalue weighted by Gasteiger charge is 2.30. The molecule has 0 aliphatic rings. The van der Waals surface area contributed by atoms with Gasteiger partial charge in [-0.05, 0) is 19.3 Å². The molecule has 4 atom stereocenters. The summed E-state index contributed by atoms with van der Waals surface area (Å²) in [4.78, 5) is 81.4. The number of rotatable bonds is 17. The molecule has 0 aromatic rings. The Morgan fingerprint density at radius 2 is 1.06 bits per heavy atom. The number of carboxylic acid groups (broad SMARTS) is 2. The second-order valence-electron chi connectivity index (χ2n) is 7.25. The molecule has 0 radical (unpaired) electrons. The zero-order valence-corrected chi connectivity index (χ0v) is 18.2. The number of carbonyl (C=O) groups excluding carboxylic acids is 5. The van der Waals surface area contributed by atoms with Gasteiger partial charge in [0.2, 0.25) is 29.5 Å². The van der Waals surface area contributed by atoms with E-state index in [4.69, 9.17) is 32.5 Å². The van der Waals surface area contributed by atoms with E-state index in [2.05, 4.69) is 10.6 Å². The van der Waals surface area contributed by atoms with Gasteiger partial charge in [0, 0.05) is 19.3 Å². The highest BCUT2D eigenvalue weighted by molar-refractivity contribution is 5.94. The minimum Gasteiger partial charge on any atom is -0.481 e. The van der Waals surface area contributed by atoms with E-state index in [1.807, 2.05) is 5.32 Å². The molecule has 5 amide bonds. The predicted octanol–water partition coefficient (Wildman–Crippen LogP) is -4.76. The van der Waals surface area contributed by atoms with E-state index in [1.54, 1.807) is 0 Å². The predicted molar refractivity (Wildman–Crippen MR) is 112 cm³/mol. The van der Waals surface area contributed by atoms with Crippen molar-refractivity contribution in [2.45, 2.75) is 62.7 Å². The lowest BCUT2D eigenvalue weighted by molar-refractivity contribution is -0.144. The van der Waals surface area contributed by atoms with Gasteiger partial charge in [0.1, 0.15) is 18.1 Å². The van der Waals surface area contributed by atoms with Crippen molar-refractivity contribution in [1.29, 1.82) is 0 Å². The zero-order valence-electron chi connectivity index (χ0n) is 18.2. The van der Waals surface area contributed by atoms with E-state index in [0.29, 0.717) is 0 Å². The third kappa shape index (κ3) is 12.3. The molecule has 16 nitrogen and oxygen atoms in total. The van der Waals surface area contributed by atoms with Gasteiger partial charge in [-0.2, -0.15) is 0 Å². The molecule has 0 saturated carbocycles. The van der Waals surface area contributed by atoms with Crippen molar-refractivity contribution in [3.8, 4) is 0 Å². The van der Waals surface area contributed by atoms with E-state index in [1.165, 1.54) is 0 Å². The number of aliphatic hydroxyl groups is 1. The van der Waals surface area contributed by atoms with Crippen molar-refractivity contribution in [3.05, 3.63) is 0 Å². The summed E-state index contributed by atoms with van der Waals surface area (Å²) in [6.45, 7) is -0.971. The number of hydrogen-bond donors (Lipinski definition) is 9. The molecular formula is C18H30N6O10. The number of carboxylic acids is 2. The highest BCUT2D eigenvalue weighted by Crippen LogP contribution is 2.05. The Hall–Kier alpha value is -3.79. The van der Waals surface area contributed by atoms with E-state index in [9.17, 15) is 33.6 Å². The summed E-state index contributed by atoms with van der Waals surface area (Å²) in [5.74, 6) is -7.40. The fourth-order valence-electron chi connectivity index (χ4n) is 2.53. The third-order valence-corrected chi connectivity index (χ3v) is 4.43. The van der Waals surface area contributed by atoms with Crippen molar-refractivity contribution in [2.24, 2.45) is 17.2 Å². The number of aliphatic hydroxyl groups excluding tert-OH is 1. The largest absolute Gasteiger partial charge is 0.481 e. The number of amides is 5. The molecule has 0 aromatic carbocycles. The minimum absolute atomic E-state index is 0.132. The normalized spacial score (nSPS) is 14.1. The molecule has 0 aliphatic heterocycles. The lowest BCUT2D eigenvalue weighted by atomic mass is 10.1. The molecule has 0 heterocycles. The number of hydrogen-bond acceptors (Lipinski definition) is 9. The second kappa shape index (κ2) is 15.1. The average molecular weight is 490 g/mol. The molecule has 0 aliphatic carbocycles. The minimum atomic E-state index is -1.72. The summed E-state index contributed by atoms with van der Waals surface area (Å²) in [6.07, 6.45) is -2.05. The van der Waals surface area contributed by atoms with Crippen LogP contribution in [0, 0.1) is 0 Å². The summed E-state index contributed by atoms with van der Waals surface area (Å²) < 4.78 is 0. The number of aliphatic carboxylic acids is 2. The zero-order chi connectivity index (χ0) is 26.4. The van der Waals surface area contributed by atoms with E-state index >= 15 is 0 Å². The van der Waals surface area contributed by atoms with Crippen LogP contribution in [0.3, 0.4) is 0 Å². The Balaban J connectivity index is 5.52. The van der Waals surface area contributed by atoms with Crippen LogP contribution in [0.1, 0.15) is 38.5 Å². The topological polar surface area (TPSA) is 294 Å². The Labute approximate surface area is 193 Å². The molecule has 0 rings (SSSR count). The van der Waals surface area contributed by atoms with Crippen LogP contribution >= 0.6 is 0 Å². The van der Waals surface area contributed by atoms with Crippen LogP contribution in [-0.4, -0.2) is 87.6 Å². The van der Waals surface area contributed by atoms with Gasteiger partial charge in [-0.1, -0.05) is 0 Å². The maximum atomic E-state index is 12.7. The Kier molecular flexibility index (Phi) is 13.4. The average Bonchev–Trinajstić information content (AvgIpc) is 2.74. The first-order valence-electron chi connectivity index (χ1n) is 10.1. The molecule has 0 spiro atoms. The number of nitrogens with two attached hydrogens (primary N) is 3. The number of primary amides is 2. The van der Waals surface area contributed by atoms with Crippen molar-refractivity contribution in [1.82, 2.24) is 16.0 Å². The van der Waals surface area contributed by atoms with Crippen molar-refractivity contribution < 1.29 is 48.9 Å². The van der Waals surface area contributed by atoms with E-state index in [0.717, 1.165) is 0 Å². The Bertz CT molecular complexity index is 789. The Morgan fingerprint density at radius 1 is 0.647 bits per heavy atom. The van der Waals surface area contributed by atoms with E-state index in [-0.39, 0.29) is 25.7 Å². The second-order valence-corrected chi connectivity index (χ2v) is 7.25. The molecule has 4 unspecified atom stereocenters. The van der Waals surface area contributed by atoms with Crippen LogP contribution in [-0.2, 0) is 33.6 Å². The fourth-order valence-corrected chi connectivity index (χ4v) is 2.53. The number of carbonyl (C=O) groups is 7. The van der Waals surface area contributed by atoms with E-state index < -0.39 is 85.1 Å². The summed E-state index contributed by atoms with van der Waals surface area (Å²) in [6, 6.07) is -5.95. The van der Waals surface area contributed by atoms with Gasteiger partial charge in [-0.25, -0.2) is 4.79 Å². The van der Waals surface area contributed by atoms with Gasteiger partial charge in [0.25, 0.3) is 0 Å². The van der Waals surface area contributed by atoms with Crippen molar-refractivity contribution in [2.75, 3.05) is 6.61 Å². The van der Waals surface area contributed by atoms with Gasteiger partial charge in [-0.3, -0.25) is 28.8 Å². The van der Waals surface area contributed by atoms with Crippen LogP contribution < -0.4 is 33.2 Å². The van der Waals surface area contributed by atoms with Gasteiger partial charge < -0.3 is 48.5 Å². The molecule has 0 saturated heterocycles. The first-order chi connectivity index (χ1) is 15.8. The Morgan fingerprint density at radius 3 is 1.47 bits per heavy atom. The summed E-state index contributed by atoms with van der Waals surface area (Å²) in [5.41, 5.74) is 15.7. The van der Waals surface area contributed by atoms with Crippen LogP contribution in [0.5, 0.6) is 0 Å². The van der Waals surface area contributed by atoms with Gasteiger partial charge in [0.05, 0.1) is 12.6 Å². The first-order valence-corrected chi connectivity index (χ1v) is 10.1. The molecule has 0 fully saturated rings. The molecular weight excluding hydrogens is 460 g/mol. The van der Waals surface area contributed by atoms with Gasteiger partial charge >= 0.3 is 11.9 Å². The van der Waals surface area contributed by atoms with Gasteiger partial charge in [-0.15, -0.1) is 0 Å². The molecule has 0 bridgehead atoms. The van der Waals surface area contributed by atoms with Crippen LogP contribution in [0.4, 0.5) is 0 Å². The lowest BCUT2D eigenvalue weighted by Gasteiger charge is -2.24. The first kappa shape index (κ1) is 30.2. The maximum Gasteiger partial charge on any atom is 0.328 e. The van der Waals surface area contributed by atoms with Crippen molar-refractivity contribution >= 4 is 41.5 Å². The van der Waals surface area contributed by atoms with Crippen LogP contribution in [0.25, 0.3) is 0 Å². The summed E-state index contributed by atoms with van der Waals surface area (Å²) >= 11 is 0. The fraction of sp³-hybridized carbons (Fsp3) is 0.611. The summed E-state index contributed by atoms with van der Waals surface area (Å²) in [5, 5.41) is 33.3. The maximum absolute atomic E-state index is 12.7. The SMILES string of the molecule is NC(=O)CCC(N)C(=O)NC(CCC(N)=O)C(=O)NC(CCC(=O)O)C(=O)NC(CO)C(=O)O. The monoisotopic (exact) mass is 490 g/mol. The standard InChI is InChI=1S/C18H30N6O10/c19-8(1-4-12(20)26)15(30)22-9(2-5-13(21)27)16(31)23-10(3-6-14(28)29)17(32)24-11(7-25)18(33)34/h8-11,25H,1-7,19H2,(H2,20,26)(H2,21,27)(H,22,30)(H,23,31)(H,24,32)(H,28,29)(H,33,34). The van der Waals surface area contributed by atoms with Gasteiger partial charge in [0.15, 0.2) is 0 Å². The molecule has 16 heteroatoms. The molecule has 0 aromatic heterocycles. The summed E-state index contributed by atoms with van der Waals surface area (Å²) in [7, 11) is 0. The van der Waals surface area contributed by atoms with Crippen LogP contribution in [0.2, 0.25) is 0 Å². The molecule has 192 valence electrons. The molecule has 34 heavy (non-hydrogen) atoms.